The summed E-state index contributed by atoms with van der Waals surface area (Å²) in [5, 5.41) is 2.54. The second-order valence-electron chi connectivity index (χ2n) is 7.27. The molecule has 0 aliphatic carbocycles. The molecular formula is C22H24N4O3. The highest BCUT2D eigenvalue weighted by atomic mass is 16.5. The number of hydrogen-bond acceptors (Lipinski definition) is 6. The van der Waals surface area contributed by atoms with E-state index in [9.17, 15) is 9.59 Å². The summed E-state index contributed by atoms with van der Waals surface area (Å²) in [7, 11) is 2.06. The molecule has 0 spiro atoms. The maximum Gasteiger partial charge on any atom is 0.338 e. The van der Waals surface area contributed by atoms with E-state index in [0.717, 1.165) is 13.1 Å². The van der Waals surface area contributed by atoms with Crippen molar-refractivity contribution >= 4 is 16.9 Å². The Bertz CT molecular complexity index is 1070. The highest BCUT2D eigenvalue weighted by Gasteiger charge is 2.25. The predicted octanol–water partition coefficient (Wildman–Crippen LogP) is 2.20. The number of esters is 1. The molecule has 1 atom stereocenters. The van der Waals surface area contributed by atoms with Crippen molar-refractivity contribution < 1.29 is 9.53 Å². The fourth-order valence-electron chi connectivity index (χ4n) is 3.53. The lowest BCUT2D eigenvalue weighted by Gasteiger charge is -2.36. The first-order chi connectivity index (χ1) is 14.0. The van der Waals surface area contributed by atoms with Gasteiger partial charge in [0.25, 0.3) is 5.56 Å². The molecule has 0 N–H and O–H groups in total. The Morgan fingerprint density at radius 1 is 1.00 bits per heavy atom. The Hall–Kier alpha value is -3.19. The van der Waals surface area contributed by atoms with E-state index in [4.69, 9.17) is 9.72 Å². The van der Waals surface area contributed by atoms with Crippen molar-refractivity contribution in [2.75, 3.05) is 38.2 Å². The number of benzene rings is 2. The predicted molar refractivity (Wildman–Crippen MR) is 112 cm³/mol. The molecule has 1 aromatic heterocycles. The van der Waals surface area contributed by atoms with E-state index in [0.29, 0.717) is 35.4 Å². The highest BCUT2D eigenvalue weighted by Crippen LogP contribution is 2.19. The second-order valence-corrected chi connectivity index (χ2v) is 7.27. The van der Waals surface area contributed by atoms with Gasteiger partial charge in [-0.15, -0.1) is 0 Å². The molecule has 7 heteroatoms. The molecule has 7 nitrogen and oxygen atoms in total. The summed E-state index contributed by atoms with van der Waals surface area (Å²) >= 11 is 0. The molecule has 150 valence electrons. The van der Waals surface area contributed by atoms with Gasteiger partial charge in [0.15, 0.2) is 11.9 Å². The third kappa shape index (κ3) is 3.86. The quantitative estimate of drug-likeness (QED) is 0.634. The zero-order valence-electron chi connectivity index (χ0n) is 16.6. The monoisotopic (exact) mass is 392 g/mol. The van der Waals surface area contributed by atoms with Gasteiger partial charge in [0.05, 0.1) is 16.5 Å². The van der Waals surface area contributed by atoms with Gasteiger partial charge in [0.2, 0.25) is 0 Å². The third-order valence-electron chi connectivity index (χ3n) is 5.20. The van der Waals surface area contributed by atoms with E-state index in [1.54, 1.807) is 48.0 Å². The molecule has 1 aliphatic rings. The van der Waals surface area contributed by atoms with Crippen LogP contribution in [-0.4, -0.2) is 53.8 Å². The lowest BCUT2D eigenvalue weighted by molar-refractivity contribution is 0.0308. The smallest absolute Gasteiger partial charge is 0.338 e. The molecule has 29 heavy (non-hydrogen) atoms. The van der Waals surface area contributed by atoms with E-state index in [1.165, 1.54) is 0 Å². The molecule has 0 bridgehead atoms. The van der Waals surface area contributed by atoms with E-state index < -0.39 is 12.1 Å². The van der Waals surface area contributed by atoms with Crippen molar-refractivity contribution in [3.05, 3.63) is 76.3 Å². The van der Waals surface area contributed by atoms with Crippen molar-refractivity contribution in [1.29, 1.82) is 0 Å². The van der Waals surface area contributed by atoms with Gasteiger partial charge in [-0.25, -0.2) is 14.5 Å². The van der Waals surface area contributed by atoms with Crippen LogP contribution in [0.3, 0.4) is 0 Å². The first kappa shape index (κ1) is 19.1. The molecule has 1 unspecified atom stereocenters. The first-order valence-corrected chi connectivity index (χ1v) is 9.76. The minimum atomic E-state index is -0.681. The number of fused-ring (bicyclic) bond motifs is 1. The normalized spacial score (nSPS) is 16.0. The summed E-state index contributed by atoms with van der Waals surface area (Å²) in [5.41, 5.74) is 0.923. The standard InChI is InChI=1S/C22H24N4O3/c1-16(29-22(28)17-8-4-3-5-9-17)20-23-19-11-7-6-10-18(19)21(27)26(20)25-14-12-24(2)13-15-25/h3-11,16H,12-15H2,1-2H3. The van der Waals surface area contributed by atoms with Crippen molar-refractivity contribution in [1.82, 2.24) is 14.6 Å². The highest BCUT2D eigenvalue weighted by molar-refractivity contribution is 5.89. The number of rotatable bonds is 4. The van der Waals surface area contributed by atoms with Crippen LogP contribution >= 0.6 is 0 Å². The van der Waals surface area contributed by atoms with Crippen LogP contribution in [0.5, 0.6) is 0 Å². The summed E-state index contributed by atoms with van der Waals surface area (Å²) in [5.74, 6) is -0.00651. The zero-order chi connectivity index (χ0) is 20.4. The van der Waals surface area contributed by atoms with Gasteiger partial charge in [-0.2, -0.15) is 0 Å². The molecule has 0 radical (unpaired) electrons. The fraction of sp³-hybridized carbons (Fsp3) is 0.318. The first-order valence-electron chi connectivity index (χ1n) is 9.76. The average molecular weight is 392 g/mol. The summed E-state index contributed by atoms with van der Waals surface area (Å²) in [6, 6.07) is 16.1. The number of piperazine rings is 1. The Balaban J connectivity index is 1.74. The van der Waals surface area contributed by atoms with Crippen LogP contribution in [0.25, 0.3) is 10.9 Å². The minimum absolute atomic E-state index is 0.141. The lowest BCUT2D eigenvalue weighted by atomic mass is 10.2. The van der Waals surface area contributed by atoms with Gasteiger partial charge in [-0.3, -0.25) is 4.79 Å². The largest absolute Gasteiger partial charge is 0.451 e. The molecule has 2 heterocycles. The second kappa shape index (κ2) is 8.05. The van der Waals surface area contributed by atoms with Crippen LogP contribution in [0.2, 0.25) is 0 Å². The number of para-hydroxylation sites is 1. The van der Waals surface area contributed by atoms with E-state index in [2.05, 4.69) is 11.9 Å². The maximum absolute atomic E-state index is 13.3. The zero-order valence-corrected chi connectivity index (χ0v) is 16.6. The van der Waals surface area contributed by atoms with Crippen LogP contribution in [0.1, 0.15) is 29.2 Å². The van der Waals surface area contributed by atoms with Crippen molar-refractivity contribution in [3.8, 4) is 0 Å². The Kier molecular flexibility index (Phi) is 5.31. The molecule has 2 aromatic carbocycles. The van der Waals surface area contributed by atoms with Crippen LogP contribution in [-0.2, 0) is 4.74 Å². The van der Waals surface area contributed by atoms with Gasteiger partial charge in [-0.05, 0) is 38.2 Å². The number of aromatic nitrogens is 2. The van der Waals surface area contributed by atoms with Gasteiger partial charge in [-0.1, -0.05) is 30.3 Å². The summed E-state index contributed by atoms with van der Waals surface area (Å²) in [6.07, 6.45) is -0.681. The molecule has 1 saturated heterocycles. The minimum Gasteiger partial charge on any atom is -0.451 e. The number of nitrogens with zero attached hydrogens (tertiary/aromatic N) is 4. The van der Waals surface area contributed by atoms with Crippen molar-refractivity contribution in [2.24, 2.45) is 0 Å². The molecule has 0 saturated carbocycles. The number of ether oxygens (including phenoxy) is 1. The van der Waals surface area contributed by atoms with Gasteiger partial charge >= 0.3 is 5.97 Å². The Morgan fingerprint density at radius 2 is 1.66 bits per heavy atom. The van der Waals surface area contributed by atoms with E-state index >= 15 is 0 Å². The number of carbonyl (C=O) groups excluding carboxylic acids is 1. The molecule has 0 amide bonds. The van der Waals surface area contributed by atoms with Crippen molar-refractivity contribution in [3.63, 3.8) is 0 Å². The summed E-state index contributed by atoms with van der Waals surface area (Å²) < 4.78 is 7.28. The van der Waals surface area contributed by atoms with E-state index in [-0.39, 0.29) is 5.56 Å². The number of carbonyl (C=O) groups is 1. The van der Waals surface area contributed by atoms with Gasteiger partial charge in [0, 0.05) is 26.2 Å². The SMILES string of the molecule is CC(OC(=O)c1ccccc1)c1nc2ccccc2c(=O)n1N1CCN(C)CC1. The number of likely N-dealkylation sites (N-methyl/N-ethyl adjacent to an activating group) is 1. The molecular weight excluding hydrogens is 368 g/mol. The van der Waals surface area contributed by atoms with Gasteiger partial charge in [0.1, 0.15) is 0 Å². The summed E-state index contributed by atoms with van der Waals surface area (Å²) in [6.45, 7) is 4.84. The molecule has 3 aromatic rings. The van der Waals surface area contributed by atoms with Crippen LogP contribution in [0.15, 0.2) is 59.4 Å². The Labute approximate surface area is 169 Å². The topological polar surface area (TPSA) is 67.7 Å². The van der Waals surface area contributed by atoms with Crippen LogP contribution in [0.4, 0.5) is 0 Å². The summed E-state index contributed by atoms with van der Waals surface area (Å²) in [4.78, 5) is 32.8. The van der Waals surface area contributed by atoms with Crippen molar-refractivity contribution in [2.45, 2.75) is 13.0 Å². The average Bonchev–Trinajstić information content (AvgIpc) is 2.75. The fourth-order valence-corrected chi connectivity index (χ4v) is 3.53. The number of hydrogen-bond donors (Lipinski definition) is 0. The molecule has 1 fully saturated rings. The van der Waals surface area contributed by atoms with Gasteiger partial charge < -0.3 is 14.6 Å². The molecule has 1 aliphatic heterocycles. The Morgan fingerprint density at radius 3 is 2.38 bits per heavy atom. The van der Waals surface area contributed by atoms with Crippen LogP contribution < -0.4 is 10.6 Å². The van der Waals surface area contributed by atoms with Crippen LogP contribution in [0, 0.1) is 0 Å². The van der Waals surface area contributed by atoms with E-state index in [1.807, 2.05) is 23.2 Å². The molecule has 4 rings (SSSR count). The third-order valence-corrected chi connectivity index (χ3v) is 5.20. The lowest BCUT2D eigenvalue weighted by Crippen LogP contribution is -2.54. The maximum atomic E-state index is 13.3.